The van der Waals surface area contributed by atoms with Crippen molar-refractivity contribution in [2.45, 2.75) is 33.2 Å². The van der Waals surface area contributed by atoms with Crippen LogP contribution in [0.4, 0.5) is 0 Å². The summed E-state index contributed by atoms with van der Waals surface area (Å²) in [5, 5.41) is 0. The Morgan fingerprint density at radius 2 is 1.65 bits per heavy atom. The maximum Gasteiger partial charge on any atom is 0.162 e. The summed E-state index contributed by atoms with van der Waals surface area (Å²) in [5.41, 5.74) is 7.11. The maximum atomic E-state index is 6.06. The summed E-state index contributed by atoms with van der Waals surface area (Å²) in [7, 11) is 0. The van der Waals surface area contributed by atoms with Gasteiger partial charge in [0.25, 0.3) is 0 Å². The molecule has 1 unspecified atom stereocenters. The summed E-state index contributed by atoms with van der Waals surface area (Å²) < 4.78 is 12.1. The highest BCUT2D eigenvalue weighted by molar-refractivity contribution is 9.10. The zero-order chi connectivity index (χ0) is 12.8. The van der Waals surface area contributed by atoms with Crippen LogP contribution in [-0.2, 0) is 0 Å². The number of benzene rings is 1. The van der Waals surface area contributed by atoms with Crippen molar-refractivity contribution in [1.82, 2.24) is 0 Å². The number of ether oxygens (including phenoxy) is 2. The van der Waals surface area contributed by atoms with Crippen LogP contribution in [0.5, 0.6) is 11.5 Å². The number of nitrogens with two attached hydrogens (primary N) is 1. The molecule has 0 aliphatic rings. The fraction of sp³-hybridized carbons (Fsp3) is 0.538. The second-order valence-electron chi connectivity index (χ2n) is 3.70. The van der Waals surface area contributed by atoms with Crippen LogP contribution in [0.2, 0.25) is 0 Å². The molecule has 0 aliphatic carbocycles. The molecule has 4 heteroatoms. The fourth-order valence-electron chi connectivity index (χ4n) is 1.59. The standard InChI is InChI=1S/C13H20BrNO2/c1-4-11(15)9-7-12(16-5-2)13(17-6-3)8-10(9)14/h7-8,11H,4-6,15H2,1-3H3. The third-order valence-electron chi connectivity index (χ3n) is 2.50. The first kappa shape index (κ1) is 14.3. The highest BCUT2D eigenvalue weighted by atomic mass is 79.9. The summed E-state index contributed by atoms with van der Waals surface area (Å²) in [4.78, 5) is 0. The largest absolute Gasteiger partial charge is 0.490 e. The average molecular weight is 302 g/mol. The molecule has 0 amide bonds. The van der Waals surface area contributed by atoms with E-state index in [2.05, 4.69) is 22.9 Å². The summed E-state index contributed by atoms with van der Waals surface area (Å²) in [6.07, 6.45) is 0.887. The zero-order valence-corrected chi connectivity index (χ0v) is 12.2. The lowest BCUT2D eigenvalue weighted by molar-refractivity contribution is 0.287. The van der Waals surface area contributed by atoms with Gasteiger partial charge in [-0.15, -0.1) is 0 Å². The van der Waals surface area contributed by atoms with Crippen molar-refractivity contribution in [2.24, 2.45) is 5.73 Å². The van der Waals surface area contributed by atoms with E-state index in [-0.39, 0.29) is 6.04 Å². The molecule has 96 valence electrons. The quantitative estimate of drug-likeness (QED) is 0.872. The Morgan fingerprint density at radius 1 is 1.12 bits per heavy atom. The van der Waals surface area contributed by atoms with E-state index >= 15 is 0 Å². The monoisotopic (exact) mass is 301 g/mol. The van der Waals surface area contributed by atoms with E-state index in [4.69, 9.17) is 15.2 Å². The Balaban J connectivity index is 3.14. The van der Waals surface area contributed by atoms with Crippen LogP contribution in [0.1, 0.15) is 38.8 Å². The lowest BCUT2D eigenvalue weighted by Crippen LogP contribution is -2.10. The average Bonchev–Trinajstić information content (AvgIpc) is 2.32. The van der Waals surface area contributed by atoms with Crippen molar-refractivity contribution < 1.29 is 9.47 Å². The third-order valence-corrected chi connectivity index (χ3v) is 3.19. The SMILES string of the molecule is CCOc1cc(Br)c(C(N)CC)cc1OCC. The predicted octanol–water partition coefficient (Wildman–Crippen LogP) is 3.66. The van der Waals surface area contributed by atoms with E-state index in [1.807, 2.05) is 26.0 Å². The van der Waals surface area contributed by atoms with Crippen LogP contribution >= 0.6 is 15.9 Å². The van der Waals surface area contributed by atoms with Gasteiger partial charge in [-0.3, -0.25) is 0 Å². The summed E-state index contributed by atoms with van der Waals surface area (Å²) in [5.74, 6) is 1.52. The van der Waals surface area contributed by atoms with E-state index < -0.39 is 0 Å². The van der Waals surface area contributed by atoms with Crippen LogP contribution in [-0.4, -0.2) is 13.2 Å². The minimum Gasteiger partial charge on any atom is -0.490 e. The number of hydrogen-bond acceptors (Lipinski definition) is 3. The van der Waals surface area contributed by atoms with Crippen molar-refractivity contribution >= 4 is 15.9 Å². The Bertz CT molecular complexity index is 369. The molecule has 0 saturated carbocycles. The highest BCUT2D eigenvalue weighted by Crippen LogP contribution is 2.36. The first-order chi connectivity index (χ1) is 8.13. The number of rotatable bonds is 6. The highest BCUT2D eigenvalue weighted by Gasteiger charge is 2.14. The van der Waals surface area contributed by atoms with Crippen molar-refractivity contribution in [3.05, 3.63) is 22.2 Å². The molecule has 0 aliphatic heterocycles. The molecule has 0 saturated heterocycles. The molecule has 0 fully saturated rings. The maximum absolute atomic E-state index is 6.06. The minimum absolute atomic E-state index is 0.0132. The van der Waals surface area contributed by atoms with E-state index in [9.17, 15) is 0 Å². The van der Waals surface area contributed by atoms with Crippen LogP contribution < -0.4 is 15.2 Å². The molecule has 0 aromatic heterocycles. The van der Waals surface area contributed by atoms with E-state index in [1.165, 1.54) is 0 Å². The van der Waals surface area contributed by atoms with Gasteiger partial charge in [-0.05, 0) is 38.0 Å². The molecule has 0 bridgehead atoms. The Hall–Kier alpha value is -0.740. The molecule has 1 aromatic carbocycles. The predicted molar refractivity (Wildman–Crippen MR) is 73.7 cm³/mol. The van der Waals surface area contributed by atoms with E-state index in [0.29, 0.717) is 13.2 Å². The van der Waals surface area contributed by atoms with Gasteiger partial charge in [0.15, 0.2) is 11.5 Å². The van der Waals surface area contributed by atoms with Gasteiger partial charge in [0.1, 0.15) is 0 Å². The van der Waals surface area contributed by atoms with Gasteiger partial charge in [0, 0.05) is 10.5 Å². The molecular weight excluding hydrogens is 282 g/mol. The van der Waals surface area contributed by atoms with Gasteiger partial charge in [0.05, 0.1) is 13.2 Å². The molecule has 1 aromatic rings. The van der Waals surface area contributed by atoms with Gasteiger partial charge in [-0.1, -0.05) is 22.9 Å². The normalized spacial score (nSPS) is 12.3. The topological polar surface area (TPSA) is 44.5 Å². The first-order valence-electron chi connectivity index (χ1n) is 5.98. The molecule has 0 spiro atoms. The molecule has 1 atom stereocenters. The lowest BCUT2D eigenvalue weighted by atomic mass is 10.0. The van der Waals surface area contributed by atoms with Crippen molar-refractivity contribution in [1.29, 1.82) is 0 Å². The third kappa shape index (κ3) is 3.61. The summed E-state index contributed by atoms with van der Waals surface area (Å²) in [6, 6.07) is 3.91. The van der Waals surface area contributed by atoms with Crippen molar-refractivity contribution in [3.8, 4) is 11.5 Å². The number of hydrogen-bond donors (Lipinski definition) is 1. The first-order valence-corrected chi connectivity index (χ1v) is 6.77. The van der Waals surface area contributed by atoms with Gasteiger partial charge < -0.3 is 15.2 Å². The van der Waals surface area contributed by atoms with Gasteiger partial charge in [0.2, 0.25) is 0 Å². The molecular formula is C13H20BrNO2. The minimum atomic E-state index is 0.0132. The van der Waals surface area contributed by atoms with Gasteiger partial charge in [-0.25, -0.2) is 0 Å². The molecule has 0 heterocycles. The van der Waals surface area contributed by atoms with E-state index in [1.54, 1.807) is 0 Å². The second kappa shape index (κ2) is 6.87. The van der Waals surface area contributed by atoms with Crippen LogP contribution in [0.25, 0.3) is 0 Å². The fourth-order valence-corrected chi connectivity index (χ4v) is 2.21. The van der Waals surface area contributed by atoms with Crippen LogP contribution in [0.15, 0.2) is 16.6 Å². The van der Waals surface area contributed by atoms with E-state index in [0.717, 1.165) is 28.0 Å². The Kier molecular flexibility index (Phi) is 5.78. The van der Waals surface area contributed by atoms with Crippen molar-refractivity contribution in [2.75, 3.05) is 13.2 Å². The summed E-state index contributed by atoms with van der Waals surface area (Å²) >= 11 is 3.53. The molecule has 17 heavy (non-hydrogen) atoms. The van der Waals surface area contributed by atoms with Crippen molar-refractivity contribution in [3.63, 3.8) is 0 Å². The Morgan fingerprint density at radius 3 is 2.12 bits per heavy atom. The van der Waals surface area contributed by atoms with Gasteiger partial charge >= 0.3 is 0 Å². The zero-order valence-electron chi connectivity index (χ0n) is 10.6. The lowest BCUT2D eigenvalue weighted by Gasteiger charge is -2.17. The molecule has 0 radical (unpaired) electrons. The van der Waals surface area contributed by atoms with Crippen LogP contribution in [0.3, 0.4) is 0 Å². The number of halogens is 1. The Labute approximate surface area is 111 Å². The molecule has 3 nitrogen and oxygen atoms in total. The van der Waals surface area contributed by atoms with Crippen LogP contribution in [0, 0.1) is 0 Å². The molecule has 1 rings (SSSR count). The smallest absolute Gasteiger partial charge is 0.162 e. The summed E-state index contributed by atoms with van der Waals surface area (Å²) in [6.45, 7) is 7.20. The molecule has 2 N–H and O–H groups in total. The second-order valence-corrected chi connectivity index (χ2v) is 4.56. The van der Waals surface area contributed by atoms with Gasteiger partial charge in [-0.2, -0.15) is 0 Å².